The number of nitrogen functional groups attached to an aromatic ring is 1. The number of rotatable bonds is 8. The molecular formula is C35H33ClN6O2. The average Bonchev–Trinajstić information content (AvgIpc) is 3.04. The van der Waals surface area contributed by atoms with E-state index in [-0.39, 0.29) is 17.5 Å². The molecule has 2 aromatic heterocycles. The molecule has 0 saturated carbocycles. The lowest BCUT2D eigenvalue weighted by Gasteiger charge is -2.33. The zero-order chi connectivity index (χ0) is 30.6. The van der Waals surface area contributed by atoms with Gasteiger partial charge in [0.05, 0.1) is 38.7 Å². The first kappa shape index (κ1) is 29.2. The lowest BCUT2D eigenvalue weighted by Crippen LogP contribution is -2.38. The molecule has 0 atom stereocenters. The molecule has 5 N–H and O–H groups in total. The van der Waals surface area contributed by atoms with Crippen molar-refractivity contribution in [2.24, 2.45) is 0 Å². The number of pyridine rings is 2. The summed E-state index contributed by atoms with van der Waals surface area (Å²) in [5.74, 6) is -0.328. The van der Waals surface area contributed by atoms with Gasteiger partial charge in [-0.3, -0.25) is 14.5 Å². The van der Waals surface area contributed by atoms with Crippen molar-refractivity contribution in [2.45, 2.75) is 25.4 Å². The number of piperidine rings is 1. The van der Waals surface area contributed by atoms with E-state index < -0.39 is 0 Å². The number of likely N-dealkylation sites (tertiary alicyclic amines) is 1. The number of nitrogens with two attached hydrogens (primary N) is 1. The largest absolute Gasteiger partial charge is 0.397 e. The second-order valence-electron chi connectivity index (χ2n) is 11.0. The van der Waals surface area contributed by atoms with Gasteiger partial charge in [0.2, 0.25) is 5.91 Å². The quantitative estimate of drug-likeness (QED) is 0.116. The van der Waals surface area contributed by atoms with E-state index in [0.717, 1.165) is 60.5 Å². The molecule has 5 aromatic rings. The minimum Gasteiger partial charge on any atom is -0.397 e. The molecule has 8 nitrogen and oxygen atoms in total. The van der Waals surface area contributed by atoms with Crippen LogP contribution >= 0.6 is 11.6 Å². The zero-order valence-electron chi connectivity index (χ0n) is 24.1. The van der Waals surface area contributed by atoms with Gasteiger partial charge in [0.15, 0.2) is 0 Å². The molecule has 0 aliphatic carbocycles. The third kappa shape index (κ3) is 6.37. The van der Waals surface area contributed by atoms with E-state index in [4.69, 9.17) is 22.3 Å². The Morgan fingerprint density at radius 1 is 1.02 bits per heavy atom. The number of halogens is 1. The maximum Gasteiger partial charge on any atom is 0.257 e. The Morgan fingerprint density at radius 2 is 1.77 bits per heavy atom. The van der Waals surface area contributed by atoms with Gasteiger partial charge in [0.25, 0.3) is 5.56 Å². The number of amides is 1. The molecule has 6 rings (SSSR count). The first-order valence-corrected chi connectivity index (χ1v) is 14.9. The van der Waals surface area contributed by atoms with E-state index >= 15 is 0 Å². The second-order valence-corrected chi connectivity index (χ2v) is 11.4. The SMILES string of the molecule is C=CC(=O)Nc1cc(NC2CCN(Cc3ccc(-c4nc5cc[nH]c(=O)c5cc4-c4ccccc4)cc3)CC2)c(N)cc1Cl. The van der Waals surface area contributed by atoms with Crippen LogP contribution in [0.2, 0.25) is 5.02 Å². The fourth-order valence-electron chi connectivity index (χ4n) is 5.64. The van der Waals surface area contributed by atoms with Crippen LogP contribution < -0.4 is 21.9 Å². The summed E-state index contributed by atoms with van der Waals surface area (Å²) in [6.45, 7) is 6.21. The van der Waals surface area contributed by atoms with Crippen LogP contribution in [0.3, 0.4) is 0 Å². The zero-order valence-corrected chi connectivity index (χ0v) is 24.9. The first-order valence-electron chi connectivity index (χ1n) is 14.6. The van der Waals surface area contributed by atoms with E-state index in [0.29, 0.717) is 27.3 Å². The maximum atomic E-state index is 12.5. The normalized spacial score (nSPS) is 13.9. The highest BCUT2D eigenvalue weighted by Gasteiger charge is 2.21. The van der Waals surface area contributed by atoms with E-state index in [1.54, 1.807) is 18.3 Å². The lowest BCUT2D eigenvalue weighted by molar-refractivity contribution is -0.111. The van der Waals surface area contributed by atoms with Crippen LogP contribution in [0.5, 0.6) is 0 Å². The molecule has 222 valence electrons. The molecule has 0 spiro atoms. The van der Waals surface area contributed by atoms with Crippen molar-refractivity contribution >= 4 is 45.5 Å². The van der Waals surface area contributed by atoms with Gasteiger partial charge >= 0.3 is 0 Å². The monoisotopic (exact) mass is 604 g/mol. The van der Waals surface area contributed by atoms with Crippen molar-refractivity contribution in [2.75, 3.05) is 29.5 Å². The number of fused-ring (bicyclic) bond motifs is 1. The molecule has 9 heteroatoms. The van der Waals surface area contributed by atoms with E-state index in [1.165, 1.54) is 11.6 Å². The van der Waals surface area contributed by atoms with Gasteiger partial charge in [0.1, 0.15) is 0 Å². The Morgan fingerprint density at radius 3 is 2.50 bits per heavy atom. The number of hydrogen-bond donors (Lipinski definition) is 4. The highest BCUT2D eigenvalue weighted by Crippen LogP contribution is 2.34. The van der Waals surface area contributed by atoms with Crippen molar-refractivity contribution in [1.29, 1.82) is 0 Å². The molecule has 0 unspecified atom stereocenters. The van der Waals surface area contributed by atoms with E-state index in [9.17, 15) is 9.59 Å². The smallest absolute Gasteiger partial charge is 0.257 e. The Bertz CT molecular complexity index is 1880. The molecule has 0 bridgehead atoms. The number of carbonyl (C=O) groups is 1. The number of H-pyrrole nitrogens is 1. The number of nitrogens with zero attached hydrogens (tertiary/aromatic N) is 2. The van der Waals surface area contributed by atoms with Gasteiger partial charge in [-0.1, -0.05) is 72.8 Å². The summed E-state index contributed by atoms with van der Waals surface area (Å²) in [6.07, 6.45) is 4.75. The molecule has 44 heavy (non-hydrogen) atoms. The summed E-state index contributed by atoms with van der Waals surface area (Å²) in [4.78, 5) is 34.4. The standard InChI is InChI=1S/C35H33ClN6O2/c1-2-33(43)40-31-20-32(29(37)19-28(31)36)39-25-13-16-42(17-14-25)21-22-8-10-24(11-9-22)34-26(23-6-4-3-5-7-23)18-27-30(41-34)12-15-38-35(27)44/h2-12,15,18-20,25,39H,1,13-14,16-17,21,37H2,(H,38,44)(H,40,43). The Kier molecular flexibility index (Phi) is 8.45. The number of anilines is 3. The third-order valence-electron chi connectivity index (χ3n) is 8.00. The summed E-state index contributed by atoms with van der Waals surface area (Å²) in [6, 6.07) is 26.0. The molecule has 1 amide bonds. The third-order valence-corrected chi connectivity index (χ3v) is 8.31. The molecule has 1 aliphatic heterocycles. The Hall–Kier alpha value is -4.92. The second kappa shape index (κ2) is 12.8. The van der Waals surface area contributed by atoms with Crippen LogP contribution in [0.1, 0.15) is 18.4 Å². The summed E-state index contributed by atoms with van der Waals surface area (Å²) in [7, 11) is 0. The summed E-state index contributed by atoms with van der Waals surface area (Å²) in [5, 5.41) is 7.22. The Labute approximate surface area is 260 Å². The molecular weight excluding hydrogens is 572 g/mol. The van der Waals surface area contributed by atoms with Gasteiger partial charge in [-0.05, 0) is 54.3 Å². The number of benzene rings is 3. The van der Waals surface area contributed by atoms with Crippen molar-refractivity contribution < 1.29 is 4.79 Å². The maximum absolute atomic E-state index is 12.5. The molecule has 3 aromatic carbocycles. The summed E-state index contributed by atoms with van der Waals surface area (Å²) >= 11 is 6.27. The highest BCUT2D eigenvalue weighted by atomic mass is 35.5. The van der Waals surface area contributed by atoms with Crippen molar-refractivity contribution in [3.05, 3.63) is 119 Å². The van der Waals surface area contributed by atoms with Crippen molar-refractivity contribution in [1.82, 2.24) is 14.9 Å². The van der Waals surface area contributed by atoms with Crippen LogP contribution in [0.25, 0.3) is 33.3 Å². The number of nitrogens with one attached hydrogen (secondary N) is 3. The summed E-state index contributed by atoms with van der Waals surface area (Å²) < 4.78 is 0. The van der Waals surface area contributed by atoms with Crippen LogP contribution in [-0.4, -0.2) is 39.9 Å². The molecule has 0 radical (unpaired) electrons. The van der Waals surface area contributed by atoms with Crippen molar-refractivity contribution in [3.63, 3.8) is 0 Å². The average molecular weight is 605 g/mol. The fourth-order valence-corrected chi connectivity index (χ4v) is 5.86. The van der Waals surface area contributed by atoms with Crippen LogP contribution in [0.4, 0.5) is 17.1 Å². The summed E-state index contributed by atoms with van der Waals surface area (Å²) in [5.41, 5.74) is 13.5. The predicted octanol–water partition coefficient (Wildman–Crippen LogP) is 6.69. The van der Waals surface area contributed by atoms with E-state index in [1.807, 2.05) is 42.5 Å². The fraction of sp³-hybridized carbons (Fsp3) is 0.171. The first-order chi connectivity index (χ1) is 21.4. The van der Waals surface area contributed by atoms with Gasteiger partial charge in [-0.25, -0.2) is 4.98 Å². The topological polar surface area (TPSA) is 116 Å². The van der Waals surface area contributed by atoms with Gasteiger partial charge in [-0.2, -0.15) is 0 Å². The molecule has 1 aliphatic rings. The van der Waals surface area contributed by atoms with Gasteiger partial charge in [-0.15, -0.1) is 0 Å². The van der Waals surface area contributed by atoms with Gasteiger partial charge in [0, 0.05) is 43.0 Å². The van der Waals surface area contributed by atoms with Crippen LogP contribution in [-0.2, 0) is 11.3 Å². The number of carbonyl (C=O) groups excluding carboxylic acids is 1. The minimum atomic E-state index is -0.328. The molecule has 3 heterocycles. The number of aromatic nitrogens is 2. The van der Waals surface area contributed by atoms with Crippen molar-refractivity contribution in [3.8, 4) is 22.4 Å². The highest BCUT2D eigenvalue weighted by molar-refractivity contribution is 6.34. The van der Waals surface area contributed by atoms with Crippen LogP contribution in [0.15, 0.2) is 103 Å². The lowest BCUT2D eigenvalue weighted by atomic mass is 9.97. The number of aromatic amines is 1. The molecule has 1 fully saturated rings. The predicted molar refractivity (Wildman–Crippen MR) is 180 cm³/mol. The number of hydrogen-bond acceptors (Lipinski definition) is 6. The van der Waals surface area contributed by atoms with E-state index in [2.05, 4.69) is 51.4 Å². The molecule has 1 saturated heterocycles. The van der Waals surface area contributed by atoms with Gasteiger partial charge < -0.3 is 21.4 Å². The Balaban J connectivity index is 1.13. The minimum absolute atomic E-state index is 0.147. The van der Waals surface area contributed by atoms with Crippen LogP contribution in [0, 0.1) is 0 Å².